The molecule has 1 aromatic carbocycles. The Labute approximate surface area is 130 Å². The van der Waals surface area contributed by atoms with Crippen LogP contribution in [0.1, 0.15) is 5.56 Å². The fraction of sp³-hybridized carbons (Fsp3) is 0.400. The van der Waals surface area contributed by atoms with Gasteiger partial charge in [-0.1, -0.05) is 6.08 Å². The summed E-state index contributed by atoms with van der Waals surface area (Å²) in [4.78, 5) is 16.4. The molecule has 22 heavy (non-hydrogen) atoms. The second-order valence-electron chi connectivity index (χ2n) is 4.19. The normalized spacial score (nSPS) is 9.95. The number of carbonyl (C=O) groups excluding carboxylic acids is 1. The van der Waals surface area contributed by atoms with Crippen molar-refractivity contribution in [2.45, 2.75) is 6.54 Å². The van der Waals surface area contributed by atoms with Gasteiger partial charge in [-0.3, -0.25) is 9.63 Å². The number of hydrogen-bond donors (Lipinski definition) is 2. The molecule has 0 saturated carbocycles. The van der Waals surface area contributed by atoms with Gasteiger partial charge in [0.15, 0.2) is 6.61 Å². The SMILES string of the molecule is C=CCONCc1c(OC)cc(OCC(=O)NC)cc1OC. The lowest BCUT2D eigenvalue weighted by atomic mass is 10.1. The molecule has 0 radical (unpaired) electrons. The maximum Gasteiger partial charge on any atom is 0.257 e. The molecule has 2 N–H and O–H groups in total. The number of nitrogens with one attached hydrogen (secondary N) is 2. The second-order valence-corrected chi connectivity index (χ2v) is 4.19. The first-order chi connectivity index (χ1) is 10.7. The van der Waals surface area contributed by atoms with E-state index in [-0.39, 0.29) is 12.5 Å². The molecule has 1 amide bonds. The number of rotatable bonds is 10. The number of carbonyl (C=O) groups is 1. The van der Waals surface area contributed by atoms with Crippen molar-refractivity contribution < 1.29 is 23.8 Å². The third-order valence-electron chi connectivity index (χ3n) is 2.78. The van der Waals surface area contributed by atoms with Crippen LogP contribution in [-0.4, -0.2) is 40.4 Å². The summed E-state index contributed by atoms with van der Waals surface area (Å²) in [6.45, 7) is 4.25. The zero-order chi connectivity index (χ0) is 16.4. The summed E-state index contributed by atoms with van der Waals surface area (Å²) in [7, 11) is 4.64. The topological polar surface area (TPSA) is 78.0 Å². The molecular formula is C15H22N2O5. The maximum absolute atomic E-state index is 11.2. The highest BCUT2D eigenvalue weighted by molar-refractivity contribution is 5.77. The second kappa shape index (κ2) is 9.64. The van der Waals surface area contributed by atoms with Crippen molar-refractivity contribution in [3.63, 3.8) is 0 Å². The summed E-state index contributed by atoms with van der Waals surface area (Å²) in [6.07, 6.45) is 1.64. The Morgan fingerprint density at radius 1 is 1.27 bits per heavy atom. The highest BCUT2D eigenvalue weighted by Gasteiger charge is 2.14. The summed E-state index contributed by atoms with van der Waals surface area (Å²) in [5, 5.41) is 2.48. The Morgan fingerprint density at radius 2 is 1.91 bits per heavy atom. The van der Waals surface area contributed by atoms with Crippen molar-refractivity contribution in [1.29, 1.82) is 0 Å². The van der Waals surface area contributed by atoms with Crippen molar-refractivity contribution in [3.8, 4) is 17.2 Å². The summed E-state index contributed by atoms with van der Waals surface area (Å²) in [6, 6.07) is 3.38. The van der Waals surface area contributed by atoms with Crippen LogP contribution in [0.5, 0.6) is 17.2 Å². The Morgan fingerprint density at radius 3 is 2.41 bits per heavy atom. The van der Waals surface area contributed by atoms with E-state index >= 15 is 0 Å². The summed E-state index contributed by atoms with van der Waals surface area (Å²) in [5.74, 6) is 1.40. The van der Waals surface area contributed by atoms with Crippen molar-refractivity contribution in [2.75, 3.05) is 34.5 Å². The molecule has 0 unspecified atom stereocenters. The molecule has 0 spiro atoms. The van der Waals surface area contributed by atoms with Crippen molar-refractivity contribution in [2.24, 2.45) is 0 Å². The highest BCUT2D eigenvalue weighted by atomic mass is 16.6. The van der Waals surface area contributed by atoms with Crippen LogP contribution in [0.2, 0.25) is 0 Å². The molecule has 0 aliphatic heterocycles. The molecule has 1 aromatic rings. The minimum absolute atomic E-state index is 0.0805. The van der Waals surface area contributed by atoms with Gasteiger partial charge in [0, 0.05) is 19.2 Å². The first kappa shape index (κ1) is 17.8. The van der Waals surface area contributed by atoms with Gasteiger partial charge in [-0.05, 0) is 0 Å². The fourth-order valence-corrected chi connectivity index (χ4v) is 1.68. The Bertz CT molecular complexity index is 480. The third-order valence-corrected chi connectivity index (χ3v) is 2.78. The van der Waals surface area contributed by atoms with Crippen LogP contribution in [-0.2, 0) is 16.2 Å². The zero-order valence-corrected chi connectivity index (χ0v) is 13.1. The van der Waals surface area contributed by atoms with E-state index in [0.29, 0.717) is 30.4 Å². The third kappa shape index (κ3) is 5.27. The van der Waals surface area contributed by atoms with Crippen LogP contribution in [0, 0.1) is 0 Å². The van der Waals surface area contributed by atoms with Gasteiger partial charge in [0.05, 0.1) is 32.9 Å². The van der Waals surface area contributed by atoms with Crippen LogP contribution in [0.25, 0.3) is 0 Å². The molecule has 0 bridgehead atoms. The van der Waals surface area contributed by atoms with Gasteiger partial charge < -0.3 is 19.5 Å². The van der Waals surface area contributed by atoms with Gasteiger partial charge >= 0.3 is 0 Å². The molecule has 0 saturated heterocycles. The average Bonchev–Trinajstić information content (AvgIpc) is 2.56. The van der Waals surface area contributed by atoms with E-state index in [2.05, 4.69) is 17.4 Å². The molecule has 0 atom stereocenters. The van der Waals surface area contributed by atoms with Gasteiger partial charge in [-0.2, -0.15) is 5.48 Å². The zero-order valence-electron chi connectivity index (χ0n) is 13.1. The van der Waals surface area contributed by atoms with Crippen molar-refractivity contribution >= 4 is 5.91 Å². The number of hydroxylamine groups is 1. The molecule has 7 nitrogen and oxygen atoms in total. The van der Waals surface area contributed by atoms with E-state index in [1.807, 2.05) is 0 Å². The monoisotopic (exact) mass is 310 g/mol. The summed E-state index contributed by atoms with van der Waals surface area (Å²) in [5.41, 5.74) is 3.57. The number of benzene rings is 1. The molecule has 122 valence electrons. The lowest BCUT2D eigenvalue weighted by Crippen LogP contribution is -2.24. The standard InChI is InChI=1S/C15H22N2O5/c1-5-6-22-17-9-12-13(19-3)7-11(8-14(12)20-4)21-10-15(18)16-2/h5,7-8,17H,1,6,9-10H2,2-4H3,(H,16,18). The number of hydrogen-bond acceptors (Lipinski definition) is 6. The maximum atomic E-state index is 11.2. The van der Waals surface area contributed by atoms with Crippen LogP contribution in [0.15, 0.2) is 24.8 Å². The number of methoxy groups -OCH3 is 2. The smallest absolute Gasteiger partial charge is 0.257 e. The molecular weight excluding hydrogens is 288 g/mol. The minimum atomic E-state index is -0.221. The predicted octanol–water partition coefficient (Wildman–Crippen LogP) is 1.04. The average molecular weight is 310 g/mol. The fourth-order valence-electron chi connectivity index (χ4n) is 1.68. The van der Waals surface area contributed by atoms with Gasteiger partial charge in [0.25, 0.3) is 5.91 Å². The minimum Gasteiger partial charge on any atom is -0.496 e. The van der Waals surface area contributed by atoms with Gasteiger partial charge in [0.2, 0.25) is 0 Å². The first-order valence-electron chi connectivity index (χ1n) is 6.70. The Balaban J connectivity index is 2.87. The number of likely N-dealkylation sites (N-methyl/N-ethyl adjacent to an activating group) is 1. The molecule has 1 rings (SSSR count). The van der Waals surface area contributed by atoms with Crippen LogP contribution in [0.4, 0.5) is 0 Å². The Hall–Kier alpha value is -2.25. The highest BCUT2D eigenvalue weighted by Crippen LogP contribution is 2.34. The van der Waals surface area contributed by atoms with E-state index in [9.17, 15) is 4.79 Å². The molecule has 0 fully saturated rings. The molecule has 0 aromatic heterocycles. The predicted molar refractivity (Wildman–Crippen MR) is 82.1 cm³/mol. The summed E-state index contributed by atoms with van der Waals surface area (Å²) >= 11 is 0. The quantitative estimate of drug-likeness (QED) is 0.382. The molecule has 7 heteroatoms. The van der Waals surface area contributed by atoms with Gasteiger partial charge in [-0.25, -0.2) is 0 Å². The largest absolute Gasteiger partial charge is 0.496 e. The Kier molecular flexibility index (Phi) is 7.80. The van der Waals surface area contributed by atoms with E-state index in [1.165, 1.54) is 0 Å². The van der Waals surface area contributed by atoms with Crippen molar-refractivity contribution in [1.82, 2.24) is 10.8 Å². The lowest BCUT2D eigenvalue weighted by Gasteiger charge is -2.16. The molecule has 0 aliphatic rings. The van der Waals surface area contributed by atoms with E-state index in [1.54, 1.807) is 39.5 Å². The van der Waals surface area contributed by atoms with Crippen LogP contribution in [0.3, 0.4) is 0 Å². The van der Waals surface area contributed by atoms with Crippen LogP contribution >= 0.6 is 0 Å². The van der Waals surface area contributed by atoms with E-state index in [4.69, 9.17) is 19.0 Å². The molecule has 0 heterocycles. The first-order valence-corrected chi connectivity index (χ1v) is 6.70. The van der Waals surface area contributed by atoms with Crippen LogP contribution < -0.4 is 25.0 Å². The van der Waals surface area contributed by atoms with E-state index < -0.39 is 0 Å². The van der Waals surface area contributed by atoms with Crippen molar-refractivity contribution in [3.05, 3.63) is 30.4 Å². The molecule has 0 aliphatic carbocycles. The van der Waals surface area contributed by atoms with Gasteiger partial charge in [-0.15, -0.1) is 6.58 Å². The van der Waals surface area contributed by atoms with Gasteiger partial charge in [0.1, 0.15) is 17.2 Å². The number of amides is 1. The van der Waals surface area contributed by atoms with E-state index in [0.717, 1.165) is 5.56 Å². The summed E-state index contributed by atoms with van der Waals surface area (Å²) < 4.78 is 16.1. The number of ether oxygens (including phenoxy) is 3. The lowest BCUT2D eigenvalue weighted by molar-refractivity contribution is -0.122.